The molecule has 7 nitrogen and oxygen atoms in total. The molecule has 1 aliphatic rings. The molecule has 0 fully saturated rings. The summed E-state index contributed by atoms with van der Waals surface area (Å²) in [6.07, 6.45) is 1.30. The van der Waals surface area contributed by atoms with Gasteiger partial charge in [-0.1, -0.05) is 37.3 Å². The molecular weight excluding hydrogens is 418 g/mol. The highest BCUT2D eigenvalue weighted by Gasteiger charge is 2.32. The molecule has 0 saturated carbocycles. The number of benzene rings is 3. The molecule has 33 heavy (non-hydrogen) atoms. The van der Waals surface area contributed by atoms with Crippen LogP contribution in [0.2, 0.25) is 0 Å². The number of amides is 4. The summed E-state index contributed by atoms with van der Waals surface area (Å²) in [5, 5.41) is 7.12. The Morgan fingerprint density at radius 1 is 0.909 bits per heavy atom. The van der Waals surface area contributed by atoms with Gasteiger partial charge in [-0.15, -0.1) is 0 Å². The Bertz CT molecular complexity index is 1200. The quantitative estimate of drug-likeness (QED) is 0.515. The van der Waals surface area contributed by atoms with Crippen molar-refractivity contribution in [3.05, 3.63) is 77.4 Å². The van der Waals surface area contributed by atoms with Crippen molar-refractivity contribution >= 4 is 40.1 Å². The molecule has 0 aliphatic carbocycles. The molecule has 4 rings (SSSR count). The molecule has 0 bridgehead atoms. The van der Waals surface area contributed by atoms with E-state index in [1.807, 2.05) is 19.1 Å². The fourth-order valence-corrected chi connectivity index (χ4v) is 3.98. The number of imide groups is 1. The second kappa shape index (κ2) is 9.65. The minimum Gasteiger partial charge on any atom is -0.352 e. The van der Waals surface area contributed by atoms with E-state index >= 15 is 0 Å². The maximum Gasteiger partial charge on any atom is 0.261 e. The van der Waals surface area contributed by atoms with Crippen molar-refractivity contribution in [2.45, 2.75) is 26.2 Å². The van der Waals surface area contributed by atoms with Gasteiger partial charge < -0.3 is 10.6 Å². The first-order valence-electron chi connectivity index (χ1n) is 11.1. The Balaban J connectivity index is 1.36. The number of carbonyl (C=O) groups excluding carboxylic acids is 4. The molecular formula is C26H25N3O4. The third-order valence-electron chi connectivity index (χ3n) is 5.59. The van der Waals surface area contributed by atoms with Crippen LogP contribution in [0, 0.1) is 0 Å². The zero-order valence-corrected chi connectivity index (χ0v) is 18.4. The van der Waals surface area contributed by atoms with E-state index in [0.717, 1.165) is 11.8 Å². The van der Waals surface area contributed by atoms with E-state index in [4.69, 9.17) is 0 Å². The van der Waals surface area contributed by atoms with E-state index in [1.165, 1.54) is 4.90 Å². The van der Waals surface area contributed by atoms with Crippen LogP contribution in [0.3, 0.4) is 0 Å². The Morgan fingerprint density at radius 3 is 2.24 bits per heavy atom. The molecule has 0 atom stereocenters. The molecule has 1 aliphatic heterocycles. The van der Waals surface area contributed by atoms with Gasteiger partial charge in [0, 0.05) is 47.3 Å². The van der Waals surface area contributed by atoms with Crippen molar-refractivity contribution in [3.63, 3.8) is 0 Å². The molecule has 3 aromatic rings. The van der Waals surface area contributed by atoms with E-state index in [2.05, 4.69) is 10.6 Å². The third kappa shape index (κ3) is 4.62. The fraction of sp³-hybridized carbons (Fsp3) is 0.231. The van der Waals surface area contributed by atoms with Crippen LogP contribution in [-0.4, -0.2) is 41.6 Å². The van der Waals surface area contributed by atoms with Crippen molar-refractivity contribution in [2.75, 3.05) is 18.4 Å². The first-order chi connectivity index (χ1) is 16.0. The average molecular weight is 444 g/mol. The monoisotopic (exact) mass is 443 g/mol. The van der Waals surface area contributed by atoms with Crippen molar-refractivity contribution in [1.29, 1.82) is 0 Å². The summed E-state index contributed by atoms with van der Waals surface area (Å²) in [5.41, 5.74) is 2.00. The zero-order valence-electron chi connectivity index (χ0n) is 18.4. The lowest BCUT2D eigenvalue weighted by Gasteiger charge is -2.27. The Hall–Kier alpha value is -4.00. The topological polar surface area (TPSA) is 95.6 Å². The van der Waals surface area contributed by atoms with Crippen LogP contribution in [0.5, 0.6) is 0 Å². The van der Waals surface area contributed by atoms with E-state index < -0.39 is 0 Å². The highest BCUT2D eigenvalue weighted by molar-refractivity contribution is 6.25. The van der Waals surface area contributed by atoms with Gasteiger partial charge in [-0.25, -0.2) is 0 Å². The molecule has 3 aromatic carbocycles. The van der Waals surface area contributed by atoms with Gasteiger partial charge in [-0.2, -0.15) is 0 Å². The first kappa shape index (κ1) is 22.2. The maximum absolute atomic E-state index is 12.9. The Morgan fingerprint density at radius 2 is 1.58 bits per heavy atom. The predicted octanol–water partition coefficient (Wildman–Crippen LogP) is 3.99. The molecule has 4 amide bonds. The normalized spacial score (nSPS) is 12.7. The van der Waals surface area contributed by atoms with Crippen LogP contribution in [0.15, 0.2) is 60.7 Å². The van der Waals surface area contributed by atoms with Crippen LogP contribution >= 0.6 is 0 Å². The standard InChI is InChI=1S/C26H25N3O4/c1-2-14-27-24(31)18-9-3-10-19(16-18)28-22(30)13-6-15-29-25(32)20-11-4-7-17-8-5-12-21(23(17)20)26(29)33/h3-5,7-12,16H,2,6,13-15H2,1H3,(H,27,31)(H,28,30). The summed E-state index contributed by atoms with van der Waals surface area (Å²) in [6, 6.07) is 17.5. The Labute approximate surface area is 191 Å². The molecule has 0 aromatic heterocycles. The van der Waals surface area contributed by atoms with Crippen LogP contribution in [0.25, 0.3) is 10.8 Å². The summed E-state index contributed by atoms with van der Waals surface area (Å²) in [7, 11) is 0. The second-order valence-corrected chi connectivity index (χ2v) is 7.96. The highest BCUT2D eigenvalue weighted by atomic mass is 16.2. The number of nitrogens with one attached hydrogen (secondary N) is 2. The summed E-state index contributed by atoms with van der Waals surface area (Å²) in [4.78, 5) is 51.6. The van der Waals surface area contributed by atoms with Crippen molar-refractivity contribution < 1.29 is 19.2 Å². The lowest BCUT2D eigenvalue weighted by Crippen LogP contribution is -2.41. The molecule has 7 heteroatoms. The van der Waals surface area contributed by atoms with Gasteiger partial charge in [0.1, 0.15) is 0 Å². The molecule has 0 unspecified atom stereocenters. The van der Waals surface area contributed by atoms with E-state index in [9.17, 15) is 19.2 Å². The van der Waals surface area contributed by atoms with Crippen molar-refractivity contribution in [3.8, 4) is 0 Å². The number of nitrogens with zero attached hydrogens (tertiary/aromatic N) is 1. The first-order valence-corrected chi connectivity index (χ1v) is 11.1. The van der Waals surface area contributed by atoms with Crippen LogP contribution in [0.1, 0.15) is 57.3 Å². The molecule has 0 saturated heterocycles. The summed E-state index contributed by atoms with van der Waals surface area (Å²) in [5.74, 6) is -1.11. The SMILES string of the molecule is CCCNC(=O)c1cccc(NC(=O)CCCN2C(=O)c3cccc4cccc(c34)C2=O)c1. The van der Waals surface area contributed by atoms with Crippen LogP contribution in [0.4, 0.5) is 5.69 Å². The van der Waals surface area contributed by atoms with E-state index in [0.29, 0.717) is 40.7 Å². The number of carbonyl (C=O) groups is 4. The molecule has 0 radical (unpaired) electrons. The zero-order chi connectivity index (χ0) is 23.4. The highest BCUT2D eigenvalue weighted by Crippen LogP contribution is 2.30. The van der Waals surface area contributed by atoms with Gasteiger partial charge in [0.25, 0.3) is 17.7 Å². The summed E-state index contributed by atoms with van der Waals surface area (Å²) >= 11 is 0. The van der Waals surface area contributed by atoms with Gasteiger partial charge in [-0.3, -0.25) is 24.1 Å². The van der Waals surface area contributed by atoms with Gasteiger partial charge in [-0.05, 0) is 48.6 Å². The predicted molar refractivity (Wildman–Crippen MR) is 126 cm³/mol. The fourth-order valence-electron chi connectivity index (χ4n) is 3.98. The largest absolute Gasteiger partial charge is 0.352 e. The van der Waals surface area contributed by atoms with Crippen molar-refractivity contribution in [2.24, 2.45) is 0 Å². The second-order valence-electron chi connectivity index (χ2n) is 7.96. The van der Waals surface area contributed by atoms with Crippen LogP contribution in [-0.2, 0) is 4.79 Å². The number of hydrogen-bond acceptors (Lipinski definition) is 4. The lowest BCUT2D eigenvalue weighted by atomic mass is 9.94. The minimum atomic E-state index is -0.337. The lowest BCUT2D eigenvalue weighted by molar-refractivity contribution is -0.116. The van der Waals surface area contributed by atoms with E-state index in [-0.39, 0.29) is 36.6 Å². The van der Waals surface area contributed by atoms with E-state index in [1.54, 1.807) is 48.5 Å². The number of hydrogen-bond donors (Lipinski definition) is 2. The molecule has 0 spiro atoms. The molecule has 1 heterocycles. The van der Waals surface area contributed by atoms with Crippen LogP contribution < -0.4 is 10.6 Å². The van der Waals surface area contributed by atoms with Gasteiger partial charge in [0.05, 0.1) is 0 Å². The smallest absolute Gasteiger partial charge is 0.261 e. The third-order valence-corrected chi connectivity index (χ3v) is 5.59. The maximum atomic E-state index is 12.9. The summed E-state index contributed by atoms with van der Waals surface area (Å²) in [6.45, 7) is 2.71. The molecule has 168 valence electrons. The average Bonchev–Trinajstić information content (AvgIpc) is 2.83. The Kier molecular flexibility index (Phi) is 6.49. The molecule has 2 N–H and O–H groups in total. The van der Waals surface area contributed by atoms with Crippen molar-refractivity contribution in [1.82, 2.24) is 10.2 Å². The minimum absolute atomic E-state index is 0.134. The number of anilines is 1. The van der Waals surface area contributed by atoms with Gasteiger partial charge in [0.2, 0.25) is 5.91 Å². The van der Waals surface area contributed by atoms with Gasteiger partial charge >= 0.3 is 0 Å². The van der Waals surface area contributed by atoms with Gasteiger partial charge in [0.15, 0.2) is 0 Å². The number of rotatable bonds is 8. The summed E-state index contributed by atoms with van der Waals surface area (Å²) < 4.78 is 0.